The first kappa shape index (κ1) is 14.9. The van der Waals surface area contributed by atoms with E-state index in [-0.39, 0.29) is 6.10 Å². The van der Waals surface area contributed by atoms with Crippen molar-refractivity contribution in [2.75, 3.05) is 18.1 Å². The fraction of sp³-hybridized carbons (Fsp3) is 0.474. The Morgan fingerprint density at radius 2 is 2.00 bits per heavy atom. The van der Waals surface area contributed by atoms with Crippen molar-refractivity contribution < 1.29 is 4.74 Å². The van der Waals surface area contributed by atoms with Gasteiger partial charge in [0.2, 0.25) is 0 Å². The SMILES string of the molecule is CCCCOC1C=CC=C([S+]2CCCC2)c2ccccc21. The second-order valence-corrected chi connectivity index (χ2v) is 8.00. The smallest absolute Gasteiger partial charge is 0.162 e. The van der Waals surface area contributed by atoms with Crippen molar-refractivity contribution in [1.82, 2.24) is 0 Å². The summed E-state index contributed by atoms with van der Waals surface area (Å²) >= 11 is 0. The summed E-state index contributed by atoms with van der Waals surface area (Å²) in [6.45, 7) is 3.06. The number of ether oxygens (including phenoxy) is 1. The maximum Gasteiger partial charge on any atom is 0.162 e. The lowest BCUT2D eigenvalue weighted by molar-refractivity contribution is 0.0829. The van der Waals surface area contributed by atoms with Gasteiger partial charge in [0.15, 0.2) is 4.91 Å². The van der Waals surface area contributed by atoms with Crippen molar-refractivity contribution >= 4 is 15.8 Å². The first-order valence-electron chi connectivity index (χ1n) is 8.17. The third-order valence-corrected chi connectivity index (χ3v) is 6.75. The van der Waals surface area contributed by atoms with Crippen molar-refractivity contribution in [3.05, 3.63) is 53.6 Å². The summed E-state index contributed by atoms with van der Waals surface area (Å²) in [4.78, 5) is 1.56. The van der Waals surface area contributed by atoms with Gasteiger partial charge in [-0.3, -0.25) is 0 Å². The van der Waals surface area contributed by atoms with Crippen LogP contribution in [0.25, 0.3) is 4.91 Å². The Labute approximate surface area is 131 Å². The molecule has 1 aliphatic heterocycles. The minimum absolute atomic E-state index is 0.118. The summed E-state index contributed by atoms with van der Waals surface area (Å²) in [5.74, 6) is 2.74. The summed E-state index contributed by atoms with van der Waals surface area (Å²) < 4.78 is 6.12. The number of hydrogen-bond donors (Lipinski definition) is 0. The van der Waals surface area contributed by atoms with E-state index >= 15 is 0 Å². The molecule has 112 valence electrons. The predicted octanol–water partition coefficient (Wildman–Crippen LogP) is 4.87. The molecule has 0 N–H and O–H groups in total. The zero-order chi connectivity index (χ0) is 14.5. The molecule has 1 aromatic carbocycles. The third-order valence-electron chi connectivity index (χ3n) is 4.20. The van der Waals surface area contributed by atoms with E-state index in [9.17, 15) is 0 Å². The molecule has 0 saturated carbocycles. The number of rotatable bonds is 5. The lowest BCUT2D eigenvalue weighted by Crippen LogP contribution is -2.10. The first-order valence-corrected chi connectivity index (χ1v) is 9.73. The summed E-state index contributed by atoms with van der Waals surface area (Å²) in [6.07, 6.45) is 12.0. The highest BCUT2D eigenvalue weighted by Crippen LogP contribution is 2.37. The molecule has 1 fully saturated rings. The molecule has 0 aromatic heterocycles. The van der Waals surface area contributed by atoms with Crippen LogP contribution in [0, 0.1) is 0 Å². The normalized spacial score (nSPS) is 22.0. The number of benzene rings is 1. The molecule has 21 heavy (non-hydrogen) atoms. The monoisotopic (exact) mass is 301 g/mol. The summed E-state index contributed by atoms with van der Waals surface area (Å²) in [5, 5.41) is 0. The molecule has 1 aliphatic carbocycles. The van der Waals surface area contributed by atoms with Crippen molar-refractivity contribution in [3.8, 4) is 0 Å². The van der Waals surface area contributed by atoms with Gasteiger partial charge in [-0.05, 0) is 37.0 Å². The molecular formula is C19H25OS+. The van der Waals surface area contributed by atoms with Gasteiger partial charge in [-0.25, -0.2) is 0 Å². The largest absolute Gasteiger partial charge is 0.369 e. The Morgan fingerprint density at radius 1 is 1.19 bits per heavy atom. The molecule has 1 atom stereocenters. The minimum atomic E-state index is 0.118. The molecule has 3 rings (SSSR count). The van der Waals surface area contributed by atoms with Gasteiger partial charge in [0.05, 0.1) is 0 Å². The molecule has 0 bridgehead atoms. The van der Waals surface area contributed by atoms with Crippen LogP contribution in [-0.4, -0.2) is 18.1 Å². The van der Waals surface area contributed by atoms with Gasteiger partial charge in [-0.2, -0.15) is 0 Å². The van der Waals surface area contributed by atoms with Crippen LogP contribution in [0.1, 0.15) is 49.8 Å². The Bertz CT molecular complexity index is 526. The van der Waals surface area contributed by atoms with Crippen molar-refractivity contribution in [3.63, 3.8) is 0 Å². The fourth-order valence-corrected chi connectivity index (χ4v) is 5.55. The van der Waals surface area contributed by atoms with E-state index in [2.05, 4.69) is 49.4 Å². The molecule has 1 unspecified atom stereocenters. The van der Waals surface area contributed by atoms with Gasteiger partial charge in [0.25, 0.3) is 0 Å². The zero-order valence-corrected chi connectivity index (χ0v) is 13.7. The summed E-state index contributed by atoms with van der Waals surface area (Å²) in [6, 6.07) is 8.84. The quantitative estimate of drug-likeness (QED) is 0.557. The number of unbranched alkanes of at least 4 members (excludes halogenated alkanes) is 1. The third kappa shape index (κ3) is 3.44. The standard InChI is InChI=1S/C19H25OS/c1-2-3-13-20-18-11-8-12-19(21-14-6-7-15-21)17-10-5-4-9-16(17)18/h4-5,8-12,18H,2-3,6-7,13-15H2,1H3/q+1. The number of allylic oxidation sites excluding steroid dienone is 2. The van der Waals surface area contributed by atoms with Crippen LogP contribution in [0.5, 0.6) is 0 Å². The van der Waals surface area contributed by atoms with Gasteiger partial charge in [-0.15, -0.1) is 0 Å². The zero-order valence-electron chi connectivity index (χ0n) is 12.9. The van der Waals surface area contributed by atoms with Crippen LogP contribution >= 0.6 is 0 Å². The highest BCUT2D eigenvalue weighted by atomic mass is 32.2. The van der Waals surface area contributed by atoms with Crippen LogP contribution in [-0.2, 0) is 15.6 Å². The second-order valence-electron chi connectivity index (χ2n) is 5.76. The highest BCUT2D eigenvalue weighted by Gasteiger charge is 2.32. The predicted molar refractivity (Wildman–Crippen MR) is 93.5 cm³/mol. The van der Waals surface area contributed by atoms with E-state index in [0.29, 0.717) is 10.9 Å². The number of fused-ring (bicyclic) bond motifs is 1. The van der Waals surface area contributed by atoms with Crippen LogP contribution in [0.3, 0.4) is 0 Å². The van der Waals surface area contributed by atoms with Gasteiger partial charge in [0.1, 0.15) is 17.6 Å². The second kappa shape index (κ2) is 7.33. The van der Waals surface area contributed by atoms with Crippen LogP contribution in [0.4, 0.5) is 0 Å². The molecular weight excluding hydrogens is 276 g/mol. The summed E-state index contributed by atoms with van der Waals surface area (Å²) in [5.41, 5.74) is 2.78. The maximum absolute atomic E-state index is 6.12. The minimum Gasteiger partial charge on any atom is -0.369 e. The average Bonchev–Trinajstić information content (AvgIpc) is 2.98. The average molecular weight is 301 g/mol. The molecule has 1 saturated heterocycles. The lowest BCUT2D eigenvalue weighted by Gasteiger charge is -2.17. The van der Waals surface area contributed by atoms with Crippen molar-refractivity contribution in [2.45, 2.75) is 38.7 Å². The Hall–Kier alpha value is -0.990. The first-order chi connectivity index (χ1) is 10.4. The molecule has 2 aliphatic rings. The van der Waals surface area contributed by atoms with Crippen LogP contribution in [0.15, 0.2) is 42.5 Å². The van der Waals surface area contributed by atoms with Crippen molar-refractivity contribution in [2.24, 2.45) is 0 Å². The fourth-order valence-electron chi connectivity index (χ4n) is 3.03. The highest BCUT2D eigenvalue weighted by molar-refractivity contribution is 8.05. The van der Waals surface area contributed by atoms with Gasteiger partial charge >= 0.3 is 0 Å². The lowest BCUT2D eigenvalue weighted by atomic mass is 10.0. The van der Waals surface area contributed by atoms with E-state index in [1.807, 2.05) is 0 Å². The molecule has 1 nitrogen and oxygen atoms in total. The van der Waals surface area contributed by atoms with E-state index in [1.165, 1.54) is 41.9 Å². The van der Waals surface area contributed by atoms with Crippen LogP contribution in [0.2, 0.25) is 0 Å². The molecule has 1 aromatic rings. The van der Waals surface area contributed by atoms with Gasteiger partial charge in [-0.1, -0.05) is 43.7 Å². The van der Waals surface area contributed by atoms with Gasteiger partial charge < -0.3 is 4.74 Å². The van der Waals surface area contributed by atoms with E-state index in [4.69, 9.17) is 4.74 Å². The Morgan fingerprint density at radius 3 is 2.81 bits per heavy atom. The molecule has 1 heterocycles. The maximum atomic E-state index is 6.12. The van der Waals surface area contributed by atoms with Crippen LogP contribution < -0.4 is 0 Å². The Kier molecular flexibility index (Phi) is 5.21. The van der Waals surface area contributed by atoms with Gasteiger partial charge in [0, 0.05) is 23.1 Å². The summed E-state index contributed by atoms with van der Waals surface area (Å²) in [7, 11) is 0.446. The Balaban J connectivity index is 1.87. The molecule has 0 spiro atoms. The van der Waals surface area contributed by atoms with E-state index < -0.39 is 0 Å². The molecule has 0 amide bonds. The number of hydrogen-bond acceptors (Lipinski definition) is 1. The van der Waals surface area contributed by atoms with E-state index in [0.717, 1.165) is 13.0 Å². The van der Waals surface area contributed by atoms with E-state index in [1.54, 1.807) is 4.91 Å². The van der Waals surface area contributed by atoms with Crippen molar-refractivity contribution in [1.29, 1.82) is 0 Å². The topological polar surface area (TPSA) is 9.23 Å². The molecule has 2 heteroatoms. The molecule has 0 radical (unpaired) electrons.